The first-order chi connectivity index (χ1) is 10.3. The van der Waals surface area contributed by atoms with Gasteiger partial charge in [-0.3, -0.25) is 0 Å². The predicted octanol–water partition coefficient (Wildman–Crippen LogP) is 2.94. The van der Waals surface area contributed by atoms with Crippen LogP contribution in [0.15, 0.2) is 73.3 Å². The van der Waals surface area contributed by atoms with Crippen LogP contribution >= 0.6 is 0 Å². The summed E-state index contributed by atoms with van der Waals surface area (Å²) in [5.74, 6) is 0. The highest BCUT2D eigenvalue weighted by Crippen LogP contribution is 2.58. The second-order valence-electron chi connectivity index (χ2n) is 5.20. The van der Waals surface area contributed by atoms with Crippen molar-refractivity contribution >= 4 is 5.69 Å². The fraction of sp³-hybridized carbons (Fsp3) is 0.118. The van der Waals surface area contributed by atoms with Crippen LogP contribution in [0, 0.1) is 0 Å². The Hall–Kier alpha value is -2.59. The van der Waals surface area contributed by atoms with E-state index in [0.717, 1.165) is 16.8 Å². The minimum Gasteiger partial charge on any atom is -0.399 e. The number of hydrogen-bond donors (Lipinski definition) is 1. The lowest BCUT2D eigenvalue weighted by Crippen LogP contribution is -2.14. The molecule has 4 nitrogen and oxygen atoms in total. The van der Waals surface area contributed by atoms with Crippen molar-refractivity contribution in [1.82, 2.24) is 9.55 Å². The van der Waals surface area contributed by atoms with Gasteiger partial charge in [-0.1, -0.05) is 42.5 Å². The van der Waals surface area contributed by atoms with Gasteiger partial charge in [-0.15, -0.1) is 0 Å². The number of nitrogens with zero attached hydrogens (tertiary/aromatic N) is 2. The van der Waals surface area contributed by atoms with E-state index in [1.165, 1.54) is 0 Å². The molecule has 2 N–H and O–H groups in total. The summed E-state index contributed by atoms with van der Waals surface area (Å²) in [6, 6.07) is 18.1. The molecule has 2 aromatic carbocycles. The Balaban J connectivity index is 1.83. The van der Waals surface area contributed by atoms with Crippen molar-refractivity contribution < 1.29 is 4.74 Å². The quantitative estimate of drug-likeness (QED) is 0.591. The third-order valence-electron chi connectivity index (χ3n) is 3.93. The highest BCUT2D eigenvalue weighted by Gasteiger charge is 2.60. The van der Waals surface area contributed by atoms with E-state index in [1.54, 1.807) is 12.5 Å². The SMILES string of the molecule is Nc1ccc(C2(c3ccccc3)OC2n2ccnc2)cc1. The monoisotopic (exact) mass is 277 g/mol. The van der Waals surface area contributed by atoms with Crippen LogP contribution in [-0.4, -0.2) is 9.55 Å². The van der Waals surface area contributed by atoms with Crippen LogP contribution in [0.2, 0.25) is 0 Å². The Morgan fingerprint density at radius 3 is 2.38 bits per heavy atom. The molecule has 1 aromatic heterocycles. The average molecular weight is 277 g/mol. The maximum atomic E-state index is 6.14. The molecule has 3 aromatic rings. The molecule has 1 aliphatic rings. The molecule has 1 fully saturated rings. The fourth-order valence-electron chi connectivity index (χ4n) is 2.83. The first-order valence-corrected chi connectivity index (χ1v) is 6.87. The van der Waals surface area contributed by atoms with Gasteiger partial charge in [-0.25, -0.2) is 4.98 Å². The zero-order chi connectivity index (χ0) is 14.3. The first-order valence-electron chi connectivity index (χ1n) is 6.87. The number of aromatic nitrogens is 2. The molecule has 1 aliphatic heterocycles. The van der Waals surface area contributed by atoms with E-state index in [0.29, 0.717) is 0 Å². The summed E-state index contributed by atoms with van der Waals surface area (Å²) in [4.78, 5) is 4.11. The molecule has 1 saturated heterocycles. The summed E-state index contributed by atoms with van der Waals surface area (Å²) in [6.45, 7) is 0. The van der Waals surface area contributed by atoms with E-state index >= 15 is 0 Å². The highest BCUT2D eigenvalue weighted by atomic mass is 16.6. The van der Waals surface area contributed by atoms with Gasteiger partial charge in [0.25, 0.3) is 0 Å². The van der Waals surface area contributed by atoms with Crippen LogP contribution < -0.4 is 5.73 Å². The lowest BCUT2D eigenvalue weighted by Gasteiger charge is -2.14. The van der Waals surface area contributed by atoms with Gasteiger partial charge >= 0.3 is 0 Å². The smallest absolute Gasteiger partial charge is 0.174 e. The number of epoxide rings is 1. The molecule has 4 rings (SSSR count). The largest absolute Gasteiger partial charge is 0.399 e. The normalized spacial score (nSPS) is 23.9. The molecule has 0 amide bonds. The van der Waals surface area contributed by atoms with Crippen molar-refractivity contribution in [3.8, 4) is 0 Å². The summed E-state index contributed by atoms with van der Waals surface area (Å²) >= 11 is 0. The summed E-state index contributed by atoms with van der Waals surface area (Å²) in [6.07, 6.45) is 5.39. The molecule has 0 aliphatic carbocycles. The zero-order valence-electron chi connectivity index (χ0n) is 11.4. The van der Waals surface area contributed by atoms with E-state index in [9.17, 15) is 0 Å². The number of ether oxygens (including phenoxy) is 1. The Bertz CT molecular complexity index is 737. The third kappa shape index (κ3) is 1.84. The van der Waals surface area contributed by atoms with E-state index in [1.807, 2.05) is 53.2 Å². The molecule has 0 spiro atoms. The molecule has 0 radical (unpaired) electrons. The number of nitrogens with two attached hydrogens (primary N) is 1. The van der Waals surface area contributed by atoms with Crippen LogP contribution in [-0.2, 0) is 10.3 Å². The topological polar surface area (TPSA) is 56.4 Å². The Kier molecular flexibility index (Phi) is 2.59. The second kappa shape index (κ2) is 4.46. The zero-order valence-corrected chi connectivity index (χ0v) is 11.4. The number of hydrogen-bond acceptors (Lipinski definition) is 3. The van der Waals surface area contributed by atoms with Gasteiger partial charge in [0.1, 0.15) is 0 Å². The molecular formula is C17H15N3O. The molecular weight excluding hydrogens is 262 g/mol. The maximum Gasteiger partial charge on any atom is 0.174 e. The van der Waals surface area contributed by atoms with Gasteiger partial charge in [0, 0.05) is 18.1 Å². The Labute approximate surface area is 122 Å². The second-order valence-corrected chi connectivity index (χ2v) is 5.20. The molecule has 104 valence electrons. The number of anilines is 1. The van der Waals surface area contributed by atoms with Crippen molar-refractivity contribution in [3.63, 3.8) is 0 Å². The molecule has 0 saturated carbocycles. The Morgan fingerprint density at radius 2 is 1.71 bits per heavy atom. The minimum atomic E-state index is -0.463. The van der Waals surface area contributed by atoms with E-state index in [4.69, 9.17) is 10.5 Å². The third-order valence-corrected chi connectivity index (χ3v) is 3.93. The number of imidazole rings is 1. The summed E-state index contributed by atoms with van der Waals surface area (Å²) < 4.78 is 8.13. The van der Waals surface area contributed by atoms with E-state index in [2.05, 4.69) is 17.1 Å². The van der Waals surface area contributed by atoms with Gasteiger partial charge in [0.05, 0.1) is 6.33 Å². The van der Waals surface area contributed by atoms with Crippen molar-refractivity contribution in [3.05, 3.63) is 84.4 Å². The summed E-state index contributed by atoms with van der Waals surface area (Å²) in [7, 11) is 0. The van der Waals surface area contributed by atoms with Crippen molar-refractivity contribution in [2.75, 3.05) is 5.73 Å². The molecule has 21 heavy (non-hydrogen) atoms. The van der Waals surface area contributed by atoms with Crippen LogP contribution in [0.25, 0.3) is 0 Å². The highest BCUT2D eigenvalue weighted by molar-refractivity contribution is 5.47. The van der Waals surface area contributed by atoms with E-state index in [-0.39, 0.29) is 6.23 Å². The summed E-state index contributed by atoms with van der Waals surface area (Å²) in [5, 5.41) is 0. The minimum absolute atomic E-state index is 0.0778. The number of benzene rings is 2. The van der Waals surface area contributed by atoms with Gasteiger partial charge in [0.15, 0.2) is 11.8 Å². The van der Waals surface area contributed by atoms with Gasteiger partial charge in [-0.2, -0.15) is 0 Å². The van der Waals surface area contributed by atoms with Crippen LogP contribution in [0.3, 0.4) is 0 Å². The number of nitrogen functional groups attached to an aromatic ring is 1. The fourth-order valence-corrected chi connectivity index (χ4v) is 2.83. The lowest BCUT2D eigenvalue weighted by molar-refractivity contribution is 0.304. The lowest BCUT2D eigenvalue weighted by atomic mass is 9.90. The van der Waals surface area contributed by atoms with Gasteiger partial charge < -0.3 is 15.0 Å². The van der Waals surface area contributed by atoms with E-state index < -0.39 is 5.60 Å². The van der Waals surface area contributed by atoms with Crippen LogP contribution in [0.1, 0.15) is 17.4 Å². The molecule has 4 heteroatoms. The number of rotatable bonds is 3. The van der Waals surface area contributed by atoms with Crippen LogP contribution in [0.4, 0.5) is 5.69 Å². The first kappa shape index (κ1) is 12.2. The molecule has 2 heterocycles. The maximum absolute atomic E-state index is 6.14. The average Bonchev–Trinajstić information content (AvgIpc) is 3.05. The summed E-state index contributed by atoms with van der Waals surface area (Å²) in [5.41, 5.74) is 8.32. The standard InChI is InChI=1S/C17H15N3O/c18-15-8-6-14(7-9-15)17(13-4-2-1-3-5-13)16(21-17)20-11-10-19-12-20/h1-12,16H,18H2. The molecule has 2 atom stereocenters. The van der Waals surface area contributed by atoms with Gasteiger partial charge in [-0.05, 0) is 23.3 Å². The van der Waals surface area contributed by atoms with Crippen molar-refractivity contribution in [2.24, 2.45) is 0 Å². The molecule has 2 unspecified atom stereocenters. The molecule has 0 bridgehead atoms. The van der Waals surface area contributed by atoms with Crippen molar-refractivity contribution in [1.29, 1.82) is 0 Å². The predicted molar refractivity (Wildman–Crippen MR) is 80.4 cm³/mol. The van der Waals surface area contributed by atoms with Gasteiger partial charge in [0.2, 0.25) is 0 Å². The van der Waals surface area contributed by atoms with Crippen molar-refractivity contribution in [2.45, 2.75) is 11.8 Å². The van der Waals surface area contributed by atoms with Crippen LogP contribution in [0.5, 0.6) is 0 Å². The Morgan fingerprint density at radius 1 is 1.00 bits per heavy atom.